The minimum Gasteiger partial charge on any atom is -0.670 e. The molecule has 2 aliphatic heterocycles. The number of aliphatic hydroxyl groups is 7. The van der Waals surface area contributed by atoms with E-state index in [2.05, 4.69) is 4.74 Å². The van der Waals surface area contributed by atoms with E-state index in [-0.39, 0.29) is 352 Å². The second-order valence-corrected chi connectivity index (χ2v) is 7.58. The molecule has 0 aromatic carbocycles. The maximum atomic E-state index is 12.4. The SMILES string of the molecule is COC(=O)C1(OC[C@H]2OC(O)[C@H](C)C(O)C2O)CC(O)C([NH-])C(C(O)C(O)CO)O1.[Ac].[Ac].[Ac].[Ac].[Ac].[Ac].[Ac].[Ac]. The van der Waals surface area contributed by atoms with Crippen molar-refractivity contribution in [3.05, 3.63) is 5.73 Å². The Bertz CT molecular complexity index is 609. The zero-order chi connectivity index (χ0) is 22.8. The van der Waals surface area contributed by atoms with Crippen molar-refractivity contribution in [2.45, 2.75) is 74.2 Å². The fraction of sp³-hybridized carbons (Fsp3) is 0.941. The number of carbonyl (C=O) groups is 1. The molecular weight excluding hydrogens is 2230 g/mol. The summed E-state index contributed by atoms with van der Waals surface area (Å²) in [5.41, 5.74) is 7.98. The molecule has 2 heterocycles. The van der Waals surface area contributed by atoms with Gasteiger partial charge in [-0.25, -0.2) is 4.79 Å². The van der Waals surface area contributed by atoms with E-state index in [0.29, 0.717) is 0 Å². The quantitative estimate of drug-likeness (QED) is 0.122. The molecule has 0 amide bonds. The molecule has 38 heavy (non-hydrogen) atoms. The molecule has 2 saturated heterocycles. The number of hydrogen-bond acceptors (Lipinski definition) is 12. The summed E-state index contributed by atoms with van der Waals surface area (Å²) in [6.07, 6.45) is -12.9. The van der Waals surface area contributed by atoms with Gasteiger partial charge in [-0.3, -0.25) is 0 Å². The van der Waals surface area contributed by atoms with Crippen LogP contribution in [0.25, 0.3) is 5.73 Å². The molecule has 200 valence electrons. The Hall–Kier alpha value is 10.6. The third kappa shape index (κ3) is 18.4. The Morgan fingerprint density at radius 3 is 1.95 bits per heavy atom. The van der Waals surface area contributed by atoms with Crippen LogP contribution in [0.5, 0.6) is 0 Å². The first kappa shape index (κ1) is 63.6. The van der Waals surface area contributed by atoms with E-state index in [0.717, 1.165) is 7.11 Å². The molecule has 8 radical (unpaired) electrons. The molecule has 11 atom stereocenters. The van der Waals surface area contributed by atoms with Crippen LogP contribution in [0.1, 0.15) is 13.3 Å². The fourth-order valence-electron chi connectivity index (χ4n) is 3.45. The topological polar surface area (TPSA) is 219 Å². The van der Waals surface area contributed by atoms with E-state index in [4.69, 9.17) is 25.1 Å². The first-order chi connectivity index (χ1) is 14.0. The van der Waals surface area contributed by atoms with Crippen molar-refractivity contribution in [3.8, 4) is 0 Å². The standard InChI is InChI=1S/C17H30NO12.8Ac/c1-6-11(22)13(24)9(29-15(6)25)5-28-17(16(26)27-2)3-7(20)10(18)14(30-17)12(23)8(21)4-19;;;;;;;;/h6-15,18-25H,3-5H2,1-2H3;;;;;;;;/q-1;;;;;;;;/t6-,7?,8?,9-,10?,11?,12?,13?,14?,15?,17?;;;;;;;;/m1......../s1. The minimum atomic E-state index is -2.35. The van der Waals surface area contributed by atoms with Gasteiger partial charge in [0, 0.05) is 371 Å². The third-order valence-electron chi connectivity index (χ3n) is 5.50. The van der Waals surface area contributed by atoms with Gasteiger partial charge in [0.1, 0.15) is 24.4 Å². The van der Waals surface area contributed by atoms with Crippen LogP contribution in [-0.2, 0) is 23.7 Å². The summed E-state index contributed by atoms with van der Waals surface area (Å²) in [4.78, 5) is 12.4. The number of esters is 1. The van der Waals surface area contributed by atoms with Crippen molar-refractivity contribution < 1.29 is 412 Å². The molecule has 13 nitrogen and oxygen atoms in total. The second kappa shape index (κ2) is 32.2. The predicted molar refractivity (Wildman–Crippen MR) is 95.5 cm³/mol. The van der Waals surface area contributed by atoms with Gasteiger partial charge in [0.2, 0.25) is 0 Å². The Balaban J connectivity index is -0.000000240. The van der Waals surface area contributed by atoms with Gasteiger partial charge in [-0.15, -0.1) is 0 Å². The summed E-state index contributed by atoms with van der Waals surface area (Å²) < 4.78 is 20.8. The zero-order valence-corrected chi connectivity index (χ0v) is 59.1. The molecule has 0 aromatic heterocycles. The maximum absolute atomic E-state index is 12.4. The van der Waals surface area contributed by atoms with E-state index >= 15 is 0 Å². The monoisotopic (exact) mass is 2260 g/mol. The van der Waals surface area contributed by atoms with E-state index < -0.39 is 92.4 Å². The molecule has 0 bridgehead atoms. The summed E-state index contributed by atoms with van der Waals surface area (Å²) in [5, 5.41) is 69.2. The molecule has 2 rings (SSSR count). The van der Waals surface area contributed by atoms with Crippen LogP contribution in [0.3, 0.4) is 0 Å². The Labute approximate surface area is 509 Å². The van der Waals surface area contributed by atoms with Crippen LogP contribution in [-0.4, -0.2) is 123 Å². The number of hydrogen-bond donors (Lipinski definition) is 7. The van der Waals surface area contributed by atoms with Crippen molar-refractivity contribution in [2.24, 2.45) is 5.92 Å². The van der Waals surface area contributed by atoms with Crippen LogP contribution >= 0.6 is 0 Å². The van der Waals surface area contributed by atoms with Crippen molar-refractivity contribution in [1.82, 2.24) is 0 Å². The van der Waals surface area contributed by atoms with E-state index in [1.807, 2.05) is 0 Å². The Morgan fingerprint density at radius 1 is 1.00 bits per heavy atom. The van der Waals surface area contributed by atoms with E-state index in [1.54, 1.807) is 0 Å². The summed E-state index contributed by atoms with van der Waals surface area (Å²) >= 11 is 0. The largest absolute Gasteiger partial charge is 0.670 e. The number of nitrogens with one attached hydrogen (secondary N) is 1. The first-order valence-electron chi connectivity index (χ1n) is 9.45. The number of aliphatic hydroxyl groups excluding tert-OH is 7. The van der Waals surface area contributed by atoms with Gasteiger partial charge in [-0.05, 0) is 0 Å². The summed E-state index contributed by atoms with van der Waals surface area (Å²) in [6, 6.07) is -1.50. The summed E-state index contributed by atoms with van der Waals surface area (Å²) in [7, 11) is 1.01. The van der Waals surface area contributed by atoms with Crippen LogP contribution < -0.4 is 0 Å². The van der Waals surface area contributed by atoms with E-state index in [1.165, 1.54) is 6.92 Å². The van der Waals surface area contributed by atoms with Gasteiger partial charge >= 0.3 is 5.97 Å². The molecule has 8 N–H and O–H groups in total. The molecule has 2 aliphatic rings. The number of rotatable bonds is 7. The average Bonchev–Trinajstić information content (AvgIpc) is 2.74. The van der Waals surface area contributed by atoms with Crippen molar-refractivity contribution in [2.75, 3.05) is 20.3 Å². The van der Waals surface area contributed by atoms with Crippen molar-refractivity contribution in [1.29, 1.82) is 0 Å². The molecule has 9 unspecified atom stereocenters. The fourth-order valence-corrected chi connectivity index (χ4v) is 3.45. The van der Waals surface area contributed by atoms with Gasteiger partial charge in [0.15, 0.2) is 6.29 Å². The molecule has 0 aromatic rings. The van der Waals surface area contributed by atoms with Crippen LogP contribution in [0.15, 0.2) is 0 Å². The molecule has 2 fully saturated rings. The van der Waals surface area contributed by atoms with Crippen molar-refractivity contribution in [3.63, 3.8) is 0 Å². The van der Waals surface area contributed by atoms with Gasteiger partial charge in [-0.2, -0.15) is 0 Å². The maximum Gasteiger partial charge on any atom is 0.366 e. The Kier molecular flexibility index (Phi) is 53.9. The predicted octanol–water partition coefficient (Wildman–Crippen LogP) is -3.77. The zero-order valence-electron chi connectivity index (χ0n) is 21.2. The normalized spacial score (nSPS) is 35.0. The number of ether oxygens (including phenoxy) is 4. The van der Waals surface area contributed by atoms with Gasteiger partial charge in [0.25, 0.3) is 5.79 Å². The number of methoxy groups -OCH3 is 1. The molecule has 0 spiro atoms. The summed E-state index contributed by atoms with van der Waals surface area (Å²) in [6.45, 7) is -0.0110. The third-order valence-corrected chi connectivity index (χ3v) is 5.50. The summed E-state index contributed by atoms with van der Waals surface area (Å²) in [5.74, 6) is -4.28. The van der Waals surface area contributed by atoms with Crippen LogP contribution in [0, 0.1) is 358 Å². The average molecular weight is 2260 g/mol. The van der Waals surface area contributed by atoms with Gasteiger partial charge in [0.05, 0.1) is 32.5 Å². The van der Waals surface area contributed by atoms with Crippen molar-refractivity contribution >= 4 is 5.97 Å². The molecule has 21 heteroatoms. The van der Waals surface area contributed by atoms with Crippen LogP contribution in [0.2, 0.25) is 0 Å². The van der Waals surface area contributed by atoms with E-state index in [9.17, 15) is 35.4 Å². The Morgan fingerprint density at radius 2 is 1.50 bits per heavy atom. The molecule has 0 saturated carbocycles. The first-order valence-corrected chi connectivity index (χ1v) is 9.45. The smallest absolute Gasteiger partial charge is 0.366 e. The van der Waals surface area contributed by atoms with Gasteiger partial charge < -0.3 is 60.4 Å². The second-order valence-electron chi connectivity index (χ2n) is 7.58. The minimum absolute atomic E-state index is 0. The van der Waals surface area contributed by atoms with Gasteiger partial charge in [-0.1, -0.05) is 13.0 Å². The molecular formula is C17H30Ac8NO12-. The van der Waals surface area contributed by atoms with Crippen LogP contribution in [0.4, 0.5) is 0 Å². The number of carbonyl (C=O) groups excluding carboxylic acids is 1. The molecule has 0 aliphatic carbocycles.